The molecule has 1 fully saturated rings. The normalized spacial score (nSPS) is 19.0. The highest BCUT2D eigenvalue weighted by atomic mass is 32.2. The van der Waals surface area contributed by atoms with Crippen molar-refractivity contribution < 1.29 is 9.32 Å². The van der Waals surface area contributed by atoms with Crippen molar-refractivity contribution in [3.63, 3.8) is 0 Å². The van der Waals surface area contributed by atoms with Crippen molar-refractivity contribution in [2.45, 2.75) is 75.5 Å². The number of carbonyl (C=O) groups is 1. The number of hydrogen-bond acceptors (Lipinski definition) is 5. The van der Waals surface area contributed by atoms with Crippen LogP contribution in [0.4, 0.5) is 0 Å². The first kappa shape index (κ1) is 17.3. The van der Waals surface area contributed by atoms with E-state index in [0.29, 0.717) is 23.6 Å². The lowest BCUT2D eigenvalue weighted by Crippen LogP contribution is -2.28. The Labute approximate surface area is 136 Å². The van der Waals surface area contributed by atoms with Crippen LogP contribution in [-0.2, 0) is 6.54 Å². The van der Waals surface area contributed by atoms with E-state index < -0.39 is 5.91 Å². The van der Waals surface area contributed by atoms with Crippen LogP contribution in [0.5, 0.6) is 0 Å². The number of carbonyl (C=O) groups excluding carboxylic acids is 1. The van der Waals surface area contributed by atoms with Gasteiger partial charge in [-0.2, -0.15) is 11.8 Å². The molecular weight excluding hydrogens is 298 g/mol. The van der Waals surface area contributed by atoms with Crippen LogP contribution in [0.3, 0.4) is 0 Å². The third kappa shape index (κ3) is 5.65. The summed E-state index contributed by atoms with van der Waals surface area (Å²) in [6.45, 7) is 5.07. The van der Waals surface area contributed by atoms with Crippen molar-refractivity contribution in [2.75, 3.05) is 0 Å². The summed E-state index contributed by atoms with van der Waals surface area (Å²) in [4.78, 5) is 11.0. The predicted octanol–water partition coefficient (Wildman–Crippen LogP) is 3.10. The molecule has 6 heteroatoms. The smallest absolute Gasteiger partial charge is 0.270 e. The fourth-order valence-corrected chi connectivity index (χ4v) is 4.62. The van der Waals surface area contributed by atoms with Gasteiger partial charge in [0, 0.05) is 22.6 Å². The second-order valence-corrected chi connectivity index (χ2v) is 8.01. The van der Waals surface area contributed by atoms with Crippen LogP contribution in [0.1, 0.15) is 68.6 Å². The lowest BCUT2D eigenvalue weighted by atomic mass is 10.0. The van der Waals surface area contributed by atoms with Crippen LogP contribution in [0.15, 0.2) is 10.6 Å². The zero-order valence-corrected chi connectivity index (χ0v) is 14.3. The molecule has 0 aliphatic heterocycles. The van der Waals surface area contributed by atoms with Gasteiger partial charge < -0.3 is 15.6 Å². The molecule has 22 heavy (non-hydrogen) atoms. The van der Waals surface area contributed by atoms with Crippen molar-refractivity contribution in [3.8, 4) is 0 Å². The van der Waals surface area contributed by atoms with Crippen molar-refractivity contribution >= 4 is 17.7 Å². The van der Waals surface area contributed by atoms with Gasteiger partial charge in [-0.15, -0.1) is 0 Å². The average molecular weight is 325 g/mol. The first-order valence-corrected chi connectivity index (χ1v) is 9.13. The van der Waals surface area contributed by atoms with Crippen LogP contribution >= 0.6 is 11.8 Å². The Bertz CT molecular complexity index is 472. The first-order chi connectivity index (χ1) is 10.5. The molecule has 1 aliphatic carbocycles. The average Bonchev–Trinajstić information content (AvgIpc) is 2.95. The Morgan fingerprint density at radius 3 is 2.82 bits per heavy atom. The molecule has 1 amide bonds. The summed E-state index contributed by atoms with van der Waals surface area (Å²) in [6, 6.07) is 2.00. The summed E-state index contributed by atoms with van der Waals surface area (Å²) in [5, 5.41) is 8.56. The van der Waals surface area contributed by atoms with E-state index in [-0.39, 0.29) is 5.69 Å². The minimum Gasteiger partial charge on any atom is -0.364 e. The number of nitrogens with zero attached hydrogens (tertiary/aromatic N) is 1. The minimum absolute atomic E-state index is 0.186. The van der Waals surface area contributed by atoms with Crippen molar-refractivity contribution in [1.82, 2.24) is 10.5 Å². The number of primary amides is 1. The quantitative estimate of drug-likeness (QED) is 0.767. The summed E-state index contributed by atoms with van der Waals surface area (Å²) >= 11 is 2.14. The van der Waals surface area contributed by atoms with E-state index in [0.717, 1.165) is 11.7 Å². The summed E-state index contributed by atoms with van der Waals surface area (Å²) < 4.78 is 5.08. The second kappa shape index (κ2) is 8.58. The molecule has 2 unspecified atom stereocenters. The minimum atomic E-state index is -0.555. The highest BCUT2D eigenvalue weighted by Crippen LogP contribution is 2.32. The molecule has 1 aromatic heterocycles. The number of hydrogen-bond donors (Lipinski definition) is 2. The fraction of sp³-hybridized carbons (Fsp3) is 0.750. The predicted molar refractivity (Wildman–Crippen MR) is 89.9 cm³/mol. The Kier molecular flexibility index (Phi) is 6.76. The molecule has 124 valence electrons. The van der Waals surface area contributed by atoms with Crippen molar-refractivity contribution in [2.24, 2.45) is 5.73 Å². The molecule has 3 N–H and O–H groups in total. The monoisotopic (exact) mass is 325 g/mol. The zero-order chi connectivity index (χ0) is 15.9. The highest BCUT2D eigenvalue weighted by molar-refractivity contribution is 8.00. The molecule has 0 spiro atoms. The van der Waals surface area contributed by atoms with E-state index in [1.54, 1.807) is 6.07 Å². The number of rotatable bonds is 8. The number of aromatic nitrogens is 1. The third-order valence-electron chi connectivity index (χ3n) is 4.10. The molecule has 1 heterocycles. The maximum Gasteiger partial charge on any atom is 0.270 e. The van der Waals surface area contributed by atoms with Crippen molar-refractivity contribution in [1.29, 1.82) is 0 Å². The van der Waals surface area contributed by atoms with Gasteiger partial charge in [-0.25, -0.2) is 0 Å². The third-order valence-corrected chi connectivity index (χ3v) is 5.61. The zero-order valence-electron chi connectivity index (χ0n) is 13.5. The second-order valence-electron chi connectivity index (χ2n) is 6.27. The molecule has 2 rings (SSSR count). The standard InChI is InChI=1S/C16H27N3O2S/c1-11(8-12(2)22-14-6-4-3-5-7-14)18-10-13-9-15(16(17)20)19-21-13/h9,11-12,14,18H,3-8,10H2,1-2H3,(H2,17,20). The molecule has 0 aromatic carbocycles. The highest BCUT2D eigenvalue weighted by Gasteiger charge is 2.18. The maximum absolute atomic E-state index is 11.0. The summed E-state index contributed by atoms with van der Waals surface area (Å²) in [6.07, 6.45) is 8.08. The molecule has 5 nitrogen and oxygen atoms in total. The molecule has 2 atom stereocenters. The van der Waals surface area contributed by atoms with Gasteiger partial charge >= 0.3 is 0 Å². The van der Waals surface area contributed by atoms with Gasteiger partial charge in [0.15, 0.2) is 11.5 Å². The van der Waals surface area contributed by atoms with Gasteiger partial charge in [-0.05, 0) is 26.2 Å². The Morgan fingerprint density at radius 2 is 2.18 bits per heavy atom. The van der Waals surface area contributed by atoms with Gasteiger partial charge in [0.05, 0.1) is 6.54 Å². The summed E-state index contributed by atoms with van der Waals surface area (Å²) in [5.41, 5.74) is 5.34. The van der Waals surface area contributed by atoms with E-state index in [4.69, 9.17) is 10.3 Å². The Balaban J connectivity index is 1.67. The van der Waals surface area contributed by atoms with Gasteiger partial charge in [-0.1, -0.05) is 31.3 Å². The van der Waals surface area contributed by atoms with E-state index in [1.165, 1.54) is 32.1 Å². The number of nitrogens with one attached hydrogen (secondary N) is 1. The van der Waals surface area contributed by atoms with E-state index >= 15 is 0 Å². The number of thioether (sulfide) groups is 1. The molecule has 0 radical (unpaired) electrons. The summed E-state index contributed by atoms with van der Waals surface area (Å²) in [5.74, 6) is 0.0915. The fourth-order valence-electron chi connectivity index (χ4n) is 2.95. The van der Waals surface area contributed by atoms with Crippen LogP contribution in [-0.4, -0.2) is 27.6 Å². The van der Waals surface area contributed by atoms with Gasteiger partial charge in [0.2, 0.25) is 0 Å². The molecule has 1 saturated carbocycles. The number of nitrogens with two attached hydrogens (primary N) is 1. The lowest BCUT2D eigenvalue weighted by Gasteiger charge is -2.26. The maximum atomic E-state index is 11.0. The van der Waals surface area contributed by atoms with Gasteiger partial charge in [-0.3, -0.25) is 4.79 Å². The molecule has 1 aliphatic rings. The van der Waals surface area contributed by atoms with E-state index in [1.807, 2.05) is 0 Å². The van der Waals surface area contributed by atoms with Crippen LogP contribution in [0.2, 0.25) is 0 Å². The van der Waals surface area contributed by atoms with Crippen LogP contribution in [0, 0.1) is 0 Å². The lowest BCUT2D eigenvalue weighted by molar-refractivity contribution is 0.0991. The van der Waals surface area contributed by atoms with Crippen LogP contribution < -0.4 is 11.1 Å². The Morgan fingerprint density at radius 1 is 1.45 bits per heavy atom. The van der Waals surface area contributed by atoms with E-state index in [9.17, 15) is 4.79 Å². The molecule has 0 saturated heterocycles. The molecule has 0 bridgehead atoms. The van der Waals surface area contributed by atoms with Gasteiger partial charge in [0.1, 0.15) is 0 Å². The number of amides is 1. The molecular formula is C16H27N3O2S. The SMILES string of the molecule is CC(CC(C)SC1CCCCC1)NCc1cc(C(N)=O)no1. The van der Waals surface area contributed by atoms with Crippen molar-refractivity contribution in [3.05, 3.63) is 17.5 Å². The Hall–Kier alpha value is -1.01. The van der Waals surface area contributed by atoms with Crippen LogP contribution in [0.25, 0.3) is 0 Å². The topological polar surface area (TPSA) is 81.1 Å². The molecule has 1 aromatic rings. The first-order valence-electron chi connectivity index (χ1n) is 8.19. The largest absolute Gasteiger partial charge is 0.364 e. The van der Waals surface area contributed by atoms with Gasteiger partial charge in [0.25, 0.3) is 5.91 Å². The van der Waals surface area contributed by atoms with E-state index in [2.05, 4.69) is 36.1 Å². The summed E-state index contributed by atoms with van der Waals surface area (Å²) in [7, 11) is 0.